The van der Waals surface area contributed by atoms with E-state index in [0.29, 0.717) is 19.1 Å². The van der Waals surface area contributed by atoms with Gasteiger partial charge in [0.25, 0.3) is 0 Å². The van der Waals surface area contributed by atoms with Crippen LogP contribution >= 0.6 is 15.9 Å². The highest BCUT2D eigenvalue weighted by atomic mass is 79.9. The SMILES string of the molecule is CS(=O)(=O)CCOCCNc1ncc(Br)cn1. The van der Waals surface area contributed by atoms with Crippen molar-refractivity contribution < 1.29 is 13.2 Å². The van der Waals surface area contributed by atoms with Crippen LogP contribution in [0.25, 0.3) is 0 Å². The lowest BCUT2D eigenvalue weighted by atomic mass is 10.6. The van der Waals surface area contributed by atoms with E-state index >= 15 is 0 Å². The van der Waals surface area contributed by atoms with Gasteiger partial charge in [-0.3, -0.25) is 0 Å². The summed E-state index contributed by atoms with van der Waals surface area (Å²) in [6, 6.07) is 0. The standard InChI is InChI=1S/C9H14BrN3O3S/c1-17(14,15)5-4-16-3-2-11-9-12-6-8(10)7-13-9/h6-7H,2-5H2,1H3,(H,11,12,13). The Morgan fingerprint density at radius 2 is 2.00 bits per heavy atom. The van der Waals surface area contributed by atoms with Crippen molar-refractivity contribution in [3.05, 3.63) is 16.9 Å². The average molecular weight is 324 g/mol. The lowest BCUT2D eigenvalue weighted by molar-refractivity contribution is 0.159. The molecule has 1 aromatic heterocycles. The third-order valence-electron chi connectivity index (χ3n) is 1.75. The number of nitrogens with zero attached hydrogens (tertiary/aromatic N) is 2. The Hall–Kier alpha value is -0.730. The first-order valence-electron chi connectivity index (χ1n) is 4.94. The monoisotopic (exact) mass is 323 g/mol. The van der Waals surface area contributed by atoms with Gasteiger partial charge in [-0.15, -0.1) is 0 Å². The molecule has 17 heavy (non-hydrogen) atoms. The Labute approximate surface area is 109 Å². The van der Waals surface area contributed by atoms with Gasteiger partial charge in [0.15, 0.2) is 0 Å². The molecular formula is C9H14BrN3O3S. The maximum Gasteiger partial charge on any atom is 0.222 e. The maximum absolute atomic E-state index is 10.8. The van der Waals surface area contributed by atoms with E-state index in [-0.39, 0.29) is 12.4 Å². The summed E-state index contributed by atoms with van der Waals surface area (Å²) >= 11 is 3.23. The highest BCUT2D eigenvalue weighted by Gasteiger charge is 2.01. The fourth-order valence-electron chi connectivity index (χ4n) is 0.951. The van der Waals surface area contributed by atoms with Crippen molar-refractivity contribution in [3.8, 4) is 0 Å². The van der Waals surface area contributed by atoms with Crippen molar-refractivity contribution in [3.63, 3.8) is 0 Å². The topological polar surface area (TPSA) is 81.2 Å². The number of nitrogens with one attached hydrogen (secondary N) is 1. The number of aromatic nitrogens is 2. The fraction of sp³-hybridized carbons (Fsp3) is 0.556. The molecule has 1 N–H and O–H groups in total. The van der Waals surface area contributed by atoms with Crippen LogP contribution in [0.15, 0.2) is 16.9 Å². The van der Waals surface area contributed by atoms with Gasteiger partial charge in [0.2, 0.25) is 5.95 Å². The van der Waals surface area contributed by atoms with Crippen LogP contribution in [0.3, 0.4) is 0 Å². The number of halogens is 1. The number of rotatable bonds is 7. The summed E-state index contributed by atoms with van der Waals surface area (Å²) in [5.41, 5.74) is 0. The van der Waals surface area contributed by atoms with Gasteiger partial charge < -0.3 is 10.1 Å². The molecule has 0 saturated heterocycles. The molecule has 6 nitrogen and oxygen atoms in total. The van der Waals surface area contributed by atoms with Crippen LogP contribution < -0.4 is 5.32 Å². The van der Waals surface area contributed by atoms with Crippen molar-refractivity contribution >= 4 is 31.7 Å². The van der Waals surface area contributed by atoms with Crippen LogP contribution in [0.4, 0.5) is 5.95 Å². The van der Waals surface area contributed by atoms with Crippen molar-refractivity contribution in [2.75, 3.05) is 37.1 Å². The summed E-state index contributed by atoms with van der Waals surface area (Å²) in [6.07, 6.45) is 4.46. The van der Waals surface area contributed by atoms with Crippen molar-refractivity contribution in [2.24, 2.45) is 0 Å². The minimum Gasteiger partial charge on any atom is -0.379 e. The first-order valence-corrected chi connectivity index (χ1v) is 7.79. The first kappa shape index (κ1) is 14.3. The largest absolute Gasteiger partial charge is 0.379 e. The van der Waals surface area contributed by atoms with E-state index in [1.165, 1.54) is 6.26 Å². The summed E-state index contributed by atoms with van der Waals surface area (Å²) in [5.74, 6) is 0.557. The Morgan fingerprint density at radius 1 is 1.35 bits per heavy atom. The van der Waals surface area contributed by atoms with E-state index < -0.39 is 9.84 Å². The molecule has 0 amide bonds. The zero-order valence-electron chi connectivity index (χ0n) is 9.39. The van der Waals surface area contributed by atoms with Crippen LogP contribution in [-0.2, 0) is 14.6 Å². The van der Waals surface area contributed by atoms with Gasteiger partial charge in [-0.05, 0) is 15.9 Å². The number of anilines is 1. The van der Waals surface area contributed by atoms with Gasteiger partial charge in [-0.2, -0.15) is 0 Å². The maximum atomic E-state index is 10.8. The molecule has 0 unspecified atom stereocenters. The van der Waals surface area contributed by atoms with Crippen LogP contribution in [0.5, 0.6) is 0 Å². The number of sulfone groups is 1. The second kappa shape index (κ2) is 6.87. The average Bonchev–Trinajstić information content (AvgIpc) is 2.24. The molecule has 1 aromatic rings. The van der Waals surface area contributed by atoms with Crippen LogP contribution in [0.1, 0.15) is 0 Å². The normalized spacial score (nSPS) is 11.4. The molecule has 0 spiro atoms. The third kappa shape index (κ3) is 7.24. The highest BCUT2D eigenvalue weighted by Crippen LogP contribution is 2.06. The molecule has 0 fully saturated rings. The molecule has 0 atom stereocenters. The quantitative estimate of drug-likeness (QED) is 0.744. The molecule has 96 valence electrons. The van der Waals surface area contributed by atoms with E-state index in [1.807, 2.05) is 0 Å². The molecule has 0 aliphatic carbocycles. The molecule has 1 heterocycles. The summed E-state index contributed by atoms with van der Waals surface area (Å²) < 4.78 is 27.6. The molecule has 0 saturated carbocycles. The number of hydrogen-bond donors (Lipinski definition) is 1. The van der Waals surface area contributed by atoms with E-state index in [2.05, 4.69) is 31.2 Å². The summed E-state index contributed by atoms with van der Waals surface area (Å²) in [6.45, 7) is 1.15. The second-order valence-electron chi connectivity index (χ2n) is 3.39. The third-order valence-corrected chi connectivity index (χ3v) is 3.07. The minimum atomic E-state index is -2.94. The molecule has 0 radical (unpaired) electrons. The van der Waals surface area contributed by atoms with Gasteiger partial charge in [-0.25, -0.2) is 18.4 Å². The second-order valence-corrected chi connectivity index (χ2v) is 6.57. The molecule has 0 aromatic carbocycles. The lowest BCUT2D eigenvalue weighted by Crippen LogP contribution is -2.15. The van der Waals surface area contributed by atoms with Crippen LogP contribution in [-0.4, -0.2) is 50.2 Å². The summed E-state index contributed by atoms with van der Waals surface area (Å²) in [7, 11) is -2.94. The minimum absolute atomic E-state index is 0.0434. The van der Waals surface area contributed by atoms with E-state index in [4.69, 9.17) is 4.74 Å². The van der Waals surface area contributed by atoms with Gasteiger partial charge in [0, 0.05) is 25.2 Å². The first-order chi connectivity index (χ1) is 7.97. The fourth-order valence-corrected chi connectivity index (χ4v) is 1.58. The van der Waals surface area contributed by atoms with Crippen molar-refractivity contribution in [1.82, 2.24) is 9.97 Å². The molecule has 0 aliphatic heterocycles. The van der Waals surface area contributed by atoms with Gasteiger partial charge in [-0.1, -0.05) is 0 Å². The smallest absolute Gasteiger partial charge is 0.222 e. The van der Waals surface area contributed by atoms with Crippen molar-refractivity contribution in [1.29, 1.82) is 0 Å². The highest BCUT2D eigenvalue weighted by molar-refractivity contribution is 9.10. The molecule has 0 aliphatic rings. The predicted molar refractivity (Wildman–Crippen MR) is 68.8 cm³/mol. The Kier molecular flexibility index (Phi) is 5.79. The number of hydrogen-bond acceptors (Lipinski definition) is 6. The molecule has 1 rings (SSSR count). The molecule has 0 bridgehead atoms. The van der Waals surface area contributed by atoms with Gasteiger partial charge >= 0.3 is 0 Å². The Morgan fingerprint density at radius 3 is 2.59 bits per heavy atom. The summed E-state index contributed by atoms with van der Waals surface area (Å²) in [4.78, 5) is 8.03. The Balaban J connectivity index is 2.10. The van der Waals surface area contributed by atoms with E-state index in [0.717, 1.165) is 4.47 Å². The van der Waals surface area contributed by atoms with Crippen LogP contribution in [0.2, 0.25) is 0 Å². The van der Waals surface area contributed by atoms with Crippen molar-refractivity contribution in [2.45, 2.75) is 0 Å². The summed E-state index contributed by atoms with van der Waals surface area (Å²) in [5, 5.41) is 2.95. The van der Waals surface area contributed by atoms with E-state index in [1.54, 1.807) is 12.4 Å². The van der Waals surface area contributed by atoms with E-state index in [9.17, 15) is 8.42 Å². The number of ether oxygens (including phenoxy) is 1. The van der Waals surface area contributed by atoms with Gasteiger partial charge in [0.05, 0.1) is 23.4 Å². The molecule has 8 heteroatoms. The predicted octanol–water partition coefficient (Wildman–Crippen LogP) is 0.712. The zero-order chi connectivity index (χ0) is 12.7. The van der Waals surface area contributed by atoms with Gasteiger partial charge in [0.1, 0.15) is 9.84 Å². The Bertz CT molecular complexity index is 435. The lowest BCUT2D eigenvalue weighted by Gasteiger charge is -2.05. The van der Waals surface area contributed by atoms with Crippen LogP contribution in [0, 0.1) is 0 Å². The zero-order valence-corrected chi connectivity index (χ0v) is 11.8. The molecular weight excluding hydrogens is 310 g/mol.